The second kappa shape index (κ2) is 7.33. The fourth-order valence-corrected chi connectivity index (χ4v) is 1.67. The molecule has 0 radical (unpaired) electrons. The Morgan fingerprint density at radius 1 is 1.33 bits per heavy atom. The minimum atomic E-state index is -0.414. The van der Waals surface area contributed by atoms with Gasteiger partial charge in [0.2, 0.25) is 0 Å². The lowest BCUT2D eigenvalue weighted by molar-refractivity contribution is 0.193. The Bertz CT molecular complexity index is 572. The van der Waals surface area contributed by atoms with E-state index in [2.05, 4.69) is 5.32 Å². The molecule has 0 saturated carbocycles. The summed E-state index contributed by atoms with van der Waals surface area (Å²) >= 11 is 0. The molecule has 1 heterocycles. The van der Waals surface area contributed by atoms with E-state index in [0.717, 1.165) is 0 Å². The number of amides is 2. The van der Waals surface area contributed by atoms with E-state index in [0.29, 0.717) is 18.8 Å². The van der Waals surface area contributed by atoms with Crippen molar-refractivity contribution in [3.05, 3.63) is 54.2 Å². The highest BCUT2D eigenvalue weighted by atomic mass is 19.1. The first kappa shape index (κ1) is 14.9. The van der Waals surface area contributed by atoms with Crippen molar-refractivity contribution in [2.75, 3.05) is 20.2 Å². The third-order valence-corrected chi connectivity index (χ3v) is 2.86. The monoisotopic (exact) mass is 292 g/mol. The van der Waals surface area contributed by atoms with Crippen molar-refractivity contribution >= 4 is 6.03 Å². The summed E-state index contributed by atoms with van der Waals surface area (Å²) in [5.41, 5.74) is 0. The summed E-state index contributed by atoms with van der Waals surface area (Å²) in [7, 11) is 1.64. The first-order valence-electron chi connectivity index (χ1n) is 6.55. The van der Waals surface area contributed by atoms with E-state index >= 15 is 0 Å². The maximum Gasteiger partial charge on any atom is 0.317 e. The number of hydrogen-bond donors (Lipinski definition) is 1. The van der Waals surface area contributed by atoms with Gasteiger partial charge in [0, 0.05) is 7.05 Å². The van der Waals surface area contributed by atoms with Gasteiger partial charge in [0.05, 0.1) is 19.4 Å². The number of hydrogen-bond acceptors (Lipinski definition) is 3. The molecule has 0 aliphatic rings. The highest BCUT2D eigenvalue weighted by molar-refractivity contribution is 5.73. The number of urea groups is 1. The van der Waals surface area contributed by atoms with E-state index in [1.165, 1.54) is 11.0 Å². The summed E-state index contributed by atoms with van der Waals surface area (Å²) in [6, 6.07) is 9.45. The first-order chi connectivity index (χ1) is 10.2. The molecule has 2 amide bonds. The molecule has 0 unspecified atom stereocenters. The Balaban J connectivity index is 1.70. The number of halogens is 1. The van der Waals surface area contributed by atoms with E-state index in [9.17, 15) is 9.18 Å². The maximum absolute atomic E-state index is 13.3. The van der Waals surface area contributed by atoms with Crippen molar-refractivity contribution in [1.82, 2.24) is 10.2 Å². The van der Waals surface area contributed by atoms with Crippen molar-refractivity contribution in [2.24, 2.45) is 0 Å². The Hall–Kier alpha value is -2.50. The van der Waals surface area contributed by atoms with Crippen molar-refractivity contribution in [2.45, 2.75) is 6.54 Å². The number of benzene rings is 1. The molecule has 0 fully saturated rings. The van der Waals surface area contributed by atoms with Crippen molar-refractivity contribution in [1.29, 1.82) is 0 Å². The van der Waals surface area contributed by atoms with Crippen molar-refractivity contribution in [3.8, 4) is 5.75 Å². The van der Waals surface area contributed by atoms with Gasteiger partial charge in [-0.1, -0.05) is 12.1 Å². The van der Waals surface area contributed by atoms with Gasteiger partial charge in [-0.05, 0) is 24.3 Å². The van der Waals surface area contributed by atoms with Crippen LogP contribution in [0.4, 0.5) is 9.18 Å². The molecule has 1 aromatic carbocycles. The Labute approximate surface area is 122 Å². The molecule has 0 bridgehead atoms. The minimum Gasteiger partial charge on any atom is -0.489 e. The first-order valence-corrected chi connectivity index (χ1v) is 6.55. The van der Waals surface area contributed by atoms with Gasteiger partial charge in [0.1, 0.15) is 12.4 Å². The van der Waals surface area contributed by atoms with E-state index in [-0.39, 0.29) is 18.4 Å². The van der Waals surface area contributed by atoms with E-state index in [1.807, 2.05) is 0 Å². The van der Waals surface area contributed by atoms with E-state index in [1.54, 1.807) is 43.6 Å². The van der Waals surface area contributed by atoms with Crippen LogP contribution in [-0.4, -0.2) is 31.1 Å². The van der Waals surface area contributed by atoms with Gasteiger partial charge >= 0.3 is 6.03 Å². The smallest absolute Gasteiger partial charge is 0.317 e. The zero-order valence-corrected chi connectivity index (χ0v) is 11.7. The molecule has 0 spiro atoms. The molecular formula is C15H17FN2O3. The summed E-state index contributed by atoms with van der Waals surface area (Å²) in [4.78, 5) is 13.3. The van der Waals surface area contributed by atoms with Crippen LogP contribution in [0.25, 0.3) is 0 Å². The average Bonchev–Trinajstić information content (AvgIpc) is 3.00. The van der Waals surface area contributed by atoms with Gasteiger partial charge in [-0.15, -0.1) is 0 Å². The van der Waals surface area contributed by atoms with Crippen LogP contribution in [0.1, 0.15) is 5.76 Å². The zero-order chi connectivity index (χ0) is 15.1. The Morgan fingerprint density at radius 2 is 2.14 bits per heavy atom. The SMILES string of the molecule is CN(CCOc1ccccc1F)C(=O)NCc1ccco1. The summed E-state index contributed by atoms with van der Waals surface area (Å²) in [5, 5.41) is 2.71. The summed E-state index contributed by atoms with van der Waals surface area (Å²) < 4.78 is 23.7. The fraction of sp³-hybridized carbons (Fsp3) is 0.267. The maximum atomic E-state index is 13.3. The molecule has 5 nitrogen and oxygen atoms in total. The van der Waals surface area contributed by atoms with Gasteiger partial charge in [0.25, 0.3) is 0 Å². The molecule has 0 atom stereocenters. The molecule has 2 rings (SSSR count). The molecule has 0 aliphatic heterocycles. The molecule has 1 N–H and O–H groups in total. The Morgan fingerprint density at radius 3 is 2.86 bits per heavy atom. The predicted octanol–water partition coefficient (Wildman–Crippen LogP) is 2.64. The number of likely N-dealkylation sites (N-methyl/N-ethyl adjacent to an activating group) is 1. The van der Waals surface area contributed by atoms with Gasteiger partial charge in [-0.3, -0.25) is 0 Å². The number of rotatable bonds is 6. The van der Waals surface area contributed by atoms with Crippen LogP contribution < -0.4 is 10.1 Å². The predicted molar refractivity (Wildman–Crippen MR) is 75.5 cm³/mol. The van der Waals surface area contributed by atoms with Gasteiger partial charge < -0.3 is 19.4 Å². The molecule has 21 heavy (non-hydrogen) atoms. The number of nitrogens with one attached hydrogen (secondary N) is 1. The average molecular weight is 292 g/mol. The largest absolute Gasteiger partial charge is 0.489 e. The molecule has 6 heteroatoms. The summed E-state index contributed by atoms with van der Waals surface area (Å²) in [6.07, 6.45) is 1.55. The minimum absolute atomic E-state index is 0.182. The Kier molecular flexibility index (Phi) is 5.20. The van der Waals surface area contributed by atoms with Crippen LogP contribution in [0.5, 0.6) is 5.75 Å². The highest BCUT2D eigenvalue weighted by Gasteiger charge is 2.09. The standard InChI is InChI=1S/C15H17FN2O3/c1-18(15(19)17-11-12-5-4-9-20-12)8-10-21-14-7-3-2-6-13(14)16/h2-7,9H,8,10-11H2,1H3,(H,17,19). The van der Waals surface area contributed by atoms with Crippen LogP contribution >= 0.6 is 0 Å². The molecule has 0 aliphatic carbocycles. The number of ether oxygens (including phenoxy) is 1. The van der Waals surface area contributed by atoms with Crippen LogP contribution in [-0.2, 0) is 6.54 Å². The lowest BCUT2D eigenvalue weighted by Gasteiger charge is -2.18. The third-order valence-electron chi connectivity index (χ3n) is 2.86. The number of carbonyl (C=O) groups excluding carboxylic acids is 1. The summed E-state index contributed by atoms with van der Waals surface area (Å²) in [5.74, 6) is 0.448. The van der Waals surface area contributed by atoms with Gasteiger partial charge in [-0.25, -0.2) is 9.18 Å². The van der Waals surface area contributed by atoms with Crippen molar-refractivity contribution < 1.29 is 18.3 Å². The summed E-state index contributed by atoms with van der Waals surface area (Å²) in [6.45, 7) is 0.883. The van der Waals surface area contributed by atoms with Crippen LogP contribution in [0.3, 0.4) is 0 Å². The zero-order valence-electron chi connectivity index (χ0n) is 11.7. The van der Waals surface area contributed by atoms with E-state index in [4.69, 9.17) is 9.15 Å². The molecule has 112 valence electrons. The number of carbonyl (C=O) groups is 1. The van der Waals surface area contributed by atoms with Gasteiger partial charge in [-0.2, -0.15) is 0 Å². The highest BCUT2D eigenvalue weighted by Crippen LogP contribution is 2.14. The van der Waals surface area contributed by atoms with Crippen LogP contribution in [0, 0.1) is 5.82 Å². The molecular weight excluding hydrogens is 275 g/mol. The second-order valence-electron chi connectivity index (χ2n) is 4.44. The van der Waals surface area contributed by atoms with Crippen LogP contribution in [0.2, 0.25) is 0 Å². The molecule has 2 aromatic rings. The van der Waals surface area contributed by atoms with Crippen LogP contribution in [0.15, 0.2) is 47.1 Å². The topological polar surface area (TPSA) is 54.7 Å². The van der Waals surface area contributed by atoms with Crippen molar-refractivity contribution in [3.63, 3.8) is 0 Å². The quantitative estimate of drug-likeness (QED) is 0.890. The normalized spacial score (nSPS) is 10.2. The number of para-hydroxylation sites is 1. The fourth-order valence-electron chi connectivity index (χ4n) is 1.67. The second-order valence-corrected chi connectivity index (χ2v) is 4.44. The van der Waals surface area contributed by atoms with Gasteiger partial charge in [0.15, 0.2) is 11.6 Å². The third kappa shape index (κ3) is 4.52. The number of furan rings is 1. The lowest BCUT2D eigenvalue weighted by Crippen LogP contribution is -2.39. The molecule has 0 saturated heterocycles. The lowest BCUT2D eigenvalue weighted by atomic mass is 10.3. The van der Waals surface area contributed by atoms with E-state index < -0.39 is 5.82 Å². The molecule has 1 aromatic heterocycles. The number of nitrogens with zero attached hydrogens (tertiary/aromatic N) is 1.